The zero-order valence-electron chi connectivity index (χ0n) is 20.7. The summed E-state index contributed by atoms with van der Waals surface area (Å²) in [6, 6.07) is 34.8. The maximum absolute atomic E-state index is 13.7. The number of para-hydroxylation sites is 2. The number of benzene rings is 4. The number of carbonyl (C=O) groups is 2. The van der Waals surface area contributed by atoms with Crippen LogP contribution < -0.4 is 14.8 Å². The van der Waals surface area contributed by atoms with E-state index in [1.54, 1.807) is 24.1 Å². The van der Waals surface area contributed by atoms with E-state index >= 15 is 0 Å². The molecule has 0 aliphatic rings. The van der Waals surface area contributed by atoms with E-state index in [4.69, 9.17) is 9.47 Å². The molecule has 2 amide bonds. The molecule has 0 bridgehead atoms. The molecule has 1 N–H and O–H groups in total. The van der Waals surface area contributed by atoms with Gasteiger partial charge < -0.3 is 19.7 Å². The summed E-state index contributed by atoms with van der Waals surface area (Å²) in [5.41, 5.74) is 2.47. The average Bonchev–Trinajstić information content (AvgIpc) is 2.96. The van der Waals surface area contributed by atoms with Gasteiger partial charge in [-0.15, -0.1) is 0 Å². The lowest BCUT2D eigenvalue weighted by Gasteiger charge is -2.31. The number of hydrogen-bond acceptors (Lipinski definition) is 4. The van der Waals surface area contributed by atoms with Crippen LogP contribution in [0.2, 0.25) is 0 Å². The molecule has 0 heterocycles. The van der Waals surface area contributed by atoms with Crippen LogP contribution in [0.5, 0.6) is 11.5 Å². The number of methoxy groups -OCH3 is 1. The van der Waals surface area contributed by atoms with Gasteiger partial charge in [0, 0.05) is 18.7 Å². The summed E-state index contributed by atoms with van der Waals surface area (Å²) in [5, 5.41) is 3.01. The van der Waals surface area contributed by atoms with Crippen LogP contribution in [-0.4, -0.2) is 30.4 Å². The summed E-state index contributed by atoms with van der Waals surface area (Å²) in [5.74, 6) is 0.690. The second-order valence-corrected chi connectivity index (χ2v) is 8.45. The predicted octanol–water partition coefficient (Wildman–Crippen LogP) is 5.16. The monoisotopic (exact) mass is 494 g/mol. The fraction of sp³-hybridized carbons (Fsp3) is 0.161. The van der Waals surface area contributed by atoms with E-state index in [0.717, 1.165) is 11.1 Å². The second kappa shape index (κ2) is 12.9. The number of carbonyl (C=O) groups excluding carboxylic acids is 2. The molecule has 0 saturated heterocycles. The third-order valence-corrected chi connectivity index (χ3v) is 5.94. The summed E-state index contributed by atoms with van der Waals surface area (Å²) >= 11 is 0. The lowest BCUT2D eigenvalue weighted by atomic mass is 10.0. The minimum atomic E-state index is -0.858. The Morgan fingerprint density at radius 2 is 1.38 bits per heavy atom. The lowest BCUT2D eigenvalue weighted by Crippen LogP contribution is -2.45. The molecule has 0 radical (unpaired) electrons. The molecule has 0 saturated carbocycles. The van der Waals surface area contributed by atoms with Crippen LogP contribution in [0.4, 0.5) is 0 Å². The minimum absolute atomic E-state index is 0.194. The Morgan fingerprint density at radius 1 is 0.784 bits per heavy atom. The van der Waals surface area contributed by atoms with Gasteiger partial charge in [-0.25, -0.2) is 0 Å². The molecule has 37 heavy (non-hydrogen) atoms. The fourth-order valence-electron chi connectivity index (χ4n) is 4.08. The van der Waals surface area contributed by atoms with Gasteiger partial charge in [-0.2, -0.15) is 0 Å². The molecular formula is C31H30N2O4. The number of amides is 2. The van der Waals surface area contributed by atoms with Gasteiger partial charge in [0.25, 0.3) is 5.91 Å². The van der Waals surface area contributed by atoms with Crippen molar-refractivity contribution in [1.82, 2.24) is 10.2 Å². The first-order chi connectivity index (χ1) is 18.2. The summed E-state index contributed by atoms with van der Waals surface area (Å²) in [6.45, 7) is 0.319. The first-order valence-electron chi connectivity index (χ1n) is 12.1. The standard InChI is InChI=1S/C31H30N2O4/c1-36-28-20-12-11-17-26(28)21-32-31(35)30(25-15-7-3-8-16-25)33(22-24-13-5-2-6-14-24)29(34)23-37-27-18-9-4-10-19-27/h2-20,30H,21-23H2,1H3,(H,32,35). The Balaban J connectivity index is 1.62. The van der Waals surface area contributed by atoms with E-state index in [9.17, 15) is 9.59 Å². The molecule has 0 spiro atoms. The highest BCUT2D eigenvalue weighted by atomic mass is 16.5. The van der Waals surface area contributed by atoms with Gasteiger partial charge >= 0.3 is 0 Å². The zero-order valence-corrected chi connectivity index (χ0v) is 20.7. The van der Waals surface area contributed by atoms with Crippen molar-refractivity contribution in [2.45, 2.75) is 19.1 Å². The van der Waals surface area contributed by atoms with Gasteiger partial charge in [-0.05, 0) is 29.3 Å². The lowest BCUT2D eigenvalue weighted by molar-refractivity contribution is -0.143. The molecule has 188 valence electrons. The van der Waals surface area contributed by atoms with Crippen molar-refractivity contribution in [2.24, 2.45) is 0 Å². The molecule has 1 unspecified atom stereocenters. The van der Waals surface area contributed by atoms with Gasteiger partial charge in [0.1, 0.15) is 17.5 Å². The van der Waals surface area contributed by atoms with Crippen LogP contribution in [0.25, 0.3) is 0 Å². The van der Waals surface area contributed by atoms with Crippen molar-refractivity contribution in [1.29, 1.82) is 0 Å². The molecule has 0 aromatic heterocycles. The van der Waals surface area contributed by atoms with Crippen LogP contribution in [0, 0.1) is 0 Å². The highest BCUT2D eigenvalue weighted by molar-refractivity contribution is 5.89. The van der Waals surface area contributed by atoms with Crippen molar-refractivity contribution in [3.05, 3.63) is 132 Å². The fourth-order valence-corrected chi connectivity index (χ4v) is 4.08. The number of hydrogen-bond donors (Lipinski definition) is 1. The van der Waals surface area contributed by atoms with E-state index in [0.29, 0.717) is 17.1 Å². The largest absolute Gasteiger partial charge is 0.496 e. The summed E-state index contributed by atoms with van der Waals surface area (Å²) in [7, 11) is 1.60. The van der Waals surface area contributed by atoms with Gasteiger partial charge in [0.2, 0.25) is 5.91 Å². The first kappa shape index (κ1) is 25.5. The Kier molecular flexibility index (Phi) is 8.92. The Hall–Kier alpha value is -4.58. The molecule has 0 fully saturated rings. The van der Waals surface area contributed by atoms with Crippen molar-refractivity contribution in [2.75, 3.05) is 13.7 Å². The maximum Gasteiger partial charge on any atom is 0.261 e. The molecule has 0 aliphatic heterocycles. The zero-order chi connectivity index (χ0) is 25.9. The summed E-state index contributed by atoms with van der Waals surface area (Å²) < 4.78 is 11.2. The highest BCUT2D eigenvalue weighted by Crippen LogP contribution is 2.25. The van der Waals surface area contributed by atoms with Crippen LogP contribution in [-0.2, 0) is 22.7 Å². The Labute approximate surface area is 217 Å². The quantitative estimate of drug-likeness (QED) is 0.313. The SMILES string of the molecule is COc1ccccc1CNC(=O)C(c1ccccc1)N(Cc1ccccc1)C(=O)COc1ccccc1. The molecule has 4 aromatic carbocycles. The van der Waals surface area contributed by atoms with Gasteiger partial charge in [-0.1, -0.05) is 97.1 Å². The topological polar surface area (TPSA) is 67.9 Å². The van der Waals surface area contributed by atoms with Crippen LogP contribution in [0.15, 0.2) is 115 Å². The summed E-state index contributed by atoms with van der Waals surface area (Å²) in [4.78, 5) is 28.9. The number of nitrogens with one attached hydrogen (secondary N) is 1. The third kappa shape index (κ3) is 6.98. The predicted molar refractivity (Wildman–Crippen MR) is 143 cm³/mol. The minimum Gasteiger partial charge on any atom is -0.496 e. The van der Waals surface area contributed by atoms with E-state index in [-0.39, 0.29) is 31.5 Å². The molecule has 6 heteroatoms. The van der Waals surface area contributed by atoms with Crippen molar-refractivity contribution < 1.29 is 19.1 Å². The number of nitrogens with zero attached hydrogens (tertiary/aromatic N) is 1. The smallest absolute Gasteiger partial charge is 0.261 e. The van der Waals surface area contributed by atoms with Gasteiger partial charge in [0.05, 0.1) is 7.11 Å². The van der Waals surface area contributed by atoms with Crippen molar-refractivity contribution in [3.8, 4) is 11.5 Å². The normalized spacial score (nSPS) is 11.3. The number of ether oxygens (including phenoxy) is 2. The van der Waals surface area contributed by atoms with Crippen LogP contribution >= 0.6 is 0 Å². The van der Waals surface area contributed by atoms with Crippen LogP contribution in [0.1, 0.15) is 22.7 Å². The first-order valence-corrected chi connectivity index (χ1v) is 12.1. The molecular weight excluding hydrogens is 464 g/mol. The Morgan fingerprint density at radius 3 is 2.05 bits per heavy atom. The van der Waals surface area contributed by atoms with Crippen molar-refractivity contribution in [3.63, 3.8) is 0 Å². The maximum atomic E-state index is 13.7. The molecule has 1 atom stereocenters. The van der Waals surface area contributed by atoms with Gasteiger partial charge in [0.15, 0.2) is 6.61 Å². The molecule has 4 aromatic rings. The highest BCUT2D eigenvalue weighted by Gasteiger charge is 2.32. The molecule has 6 nitrogen and oxygen atoms in total. The molecule has 0 aliphatic carbocycles. The van der Waals surface area contributed by atoms with Crippen molar-refractivity contribution >= 4 is 11.8 Å². The average molecular weight is 495 g/mol. The van der Waals surface area contributed by atoms with E-state index in [1.165, 1.54) is 0 Å². The van der Waals surface area contributed by atoms with E-state index in [1.807, 2.05) is 103 Å². The van der Waals surface area contributed by atoms with E-state index in [2.05, 4.69) is 5.32 Å². The number of rotatable bonds is 11. The third-order valence-electron chi connectivity index (χ3n) is 5.94. The second-order valence-electron chi connectivity index (χ2n) is 8.45. The Bertz CT molecular complexity index is 1280. The van der Waals surface area contributed by atoms with Gasteiger partial charge in [-0.3, -0.25) is 9.59 Å². The van der Waals surface area contributed by atoms with Crippen LogP contribution in [0.3, 0.4) is 0 Å². The molecule has 4 rings (SSSR count). The summed E-state index contributed by atoms with van der Waals surface area (Å²) in [6.07, 6.45) is 0. The van der Waals surface area contributed by atoms with E-state index < -0.39 is 6.04 Å².